The van der Waals surface area contributed by atoms with Crippen molar-refractivity contribution < 1.29 is 4.74 Å². The second kappa shape index (κ2) is 6.17. The molecule has 0 aliphatic carbocycles. The van der Waals surface area contributed by atoms with Crippen LogP contribution in [0.1, 0.15) is 32.3 Å². The molecular formula is C13H23N3O. The van der Waals surface area contributed by atoms with Gasteiger partial charge in [0.05, 0.1) is 12.8 Å². The van der Waals surface area contributed by atoms with Gasteiger partial charge in [-0.05, 0) is 25.7 Å². The van der Waals surface area contributed by atoms with Crippen LogP contribution in [0.15, 0.2) is 12.4 Å². The number of rotatable bonds is 6. The molecule has 0 amide bonds. The van der Waals surface area contributed by atoms with Crippen LogP contribution >= 0.6 is 0 Å². The Kier molecular flexibility index (Phi) is 4.57. The predicted molar refractivity (Wildman–Crippen MR) is 67.7 cm³/mol. The number of ether oxygens (including phenoxy) is 1. The van der Waals surface area contributed by atoms with E-state index in [9.17, 15) is 0 Å². The maximum Gasteiger partial charge on any atom is 0.0534 e. The first kappa shape index (κ1) is 12.6. The monoisotopic (exact) mass is 237 g/mol. The highest BCUT2D eigenvalue weighted by molar-refractivity contribution is 5.03. The van der Waals surface area contributed by atoms with Gasteiger partial charge >= 0.3 is 0 Å². The topological polar surface area (TPSA) is 39.1 Å². The van der Waals surface area contributed by atoms with Gasteiger partial charge in [-0.25, -0.2) is 0 Å². The molecule has 1 aliphatic rings. The highest BCUT2D eigenvalue weighted by atomic mass is 16.5. The minimum Gasteiger partial charge on any atom is -0.381 e. The molecule has 0 spiro atoms. The van der Waals surface area contributed by atoms with Crippen LogP contribution in [0.25, 0.3) is 0 Å². The van der Waals surface area contributed by atoms with Crippen LogP contribution in [0.3, 0.4) is 0 Å². The third-order valence-corrected chi connectivity index (χ3v) is 3.44. The van der Waals surface area contributed by atoms with E-state index in [2.05, 4.69) is 30.5 Å². The normalized spacial score (nSPS) is 21.9. The van der Waals surface area contributed by atoms with Crippen molar-refractivity contribution in [3.63, 3.8) is 0 Å². The molecule has 0 saturated carbocycles. The van der Waals surface area contributed by atoms with Gasteiger partial charge in [-0.1, -0.05) is 6.92 Å². The molecule has 0 bridgehead atoms. The summed E-state index contributed by atoms with van der Waals surface area (Å²) < 4.78 is 7.42. The van der Waals surface area contributed by atoms with Crippen LogP contribution in [0.2, 0.25) is 0 Å². The van der Waals surface area contributed by atoms with Gasteiger partial charge in [0, 0.05) is 37.5 Å². The largest absolute Gasteiger partial charge is 0.381 e. The molecule has 1 aromatic rings. The van der Waals surface area contributed by atoms with Crippen molar-refractivity contribution in [2.75, 3.05) is 13.2 Å². The molecule has 1 aromatic heterocycles. The first-order valence-electron chi connectivity index (χ1n) is 6.62. The van der Waals surface area contributed by atoms with Gasteiger partial charge in [0.15, 0.2) is 0 Å². The summed E-state index contributed by atoms with van der Waals surface area (Å²) in [5.41, 5.74) is 1.27. The maximum absolute atomic E-state index is 5.41. The van der Waals surface area contributed by atoms with Crippen LogP contribution < -0.4 is 5.32 Å². The second-order valence-electron chi connectivity index (χ2n) is 4.90. The Morgan fingerprint density at radius 1 is 1.65 bits per heavy atom. The fraction of sp³-hybridized carbons (Fsp3) is 0.769. The summed E-state index contributed by atoms with van der Waals surface area (Å²) in [6.45, 7) is 8.15. The molecule has 96 valence electrons. The van der Waals surface area contributed by atoms with Gasteiger partial charge in [0.25, 0.3) is 0 Å². The molecule has 2 heterocycles. The SMILES string of the molecule is CCCn1cc(CNC(C)C2CCOC2)cn1. The van der Waals surface area contributed by atoms with Crippen molar-refractivity contribution in [2.24, 2.45) is 5.92 Å². The number of aryl methyl sites for hydroxylation is 1. The number of nitrogens with zero attached hydrogens (tertiary/aromatic N) is 2. The Hall–Kier alpha value is -0.870. The number of hydrogen-bond donors (Lipinski definition) is 1. The van der Waals surface area contributed by atoms with E-state index < -0.39 is 0 Å². The molecule has 1 fully saturated rings. The van der Waals surface area contributed by atoms with Gasteiger partial charge < -0.3 is 10.1 Å². The molecule has 0 radical (unpaired) electrons. The van der Waals surface area contributed by atoms with Gasteiger partial charge in [0.2, 0.25) is 0 Å². The van der Waals surface area contributed by atoms with E-state index in [1.807, 2.05) is 10.9 Å². The van der Waals surface area contributed by atoms with E-state index in [1.165, 1.54) is 12.0 Å². The number of nitrogens with one attached hydrogen (secondary N) is 1. The lowest BCUT2D eigenvalue weighted by Crippen LogP contribution is -2.33. The Morgan fingerprint density at radius 3 is 3.24 bits per heavy atom. The summed E-state index contributed by atoms with van der Waals surface area (Å²) in [6.07, 6.45) is 6.41. The van der Waals surface area contributed by atoms with Gasteiger partial charge in [-0.2, -0.15) is 5.10 Å². The fourth-order valence-electron chi connectivity index (χ4n) is 2.24. The summed E-state index contributed by atoms with van der Waals surface area (Å²) in [5.74, 6) is 0.667. The molecule has 1 saturated heterocycles. The molecule has 1 aliphatic heterocycles. The van der Waals surface area contributed by atoms with Crippen molar-refractivity contribution in [3.05, 3.63) is 18.0 Å². The molecule has 2 unspecified atom stereocenters. The minimum atomic E-state index is 0.520. The van der Waals surface area contributed by atoms with E-state index in [-0.39, 0.29) is 0 Å². The minimum absolute atomic E-state index is 0.520. The average Bonchev–Trinajstić information content (AvgIpc) is 2.97. The lowest BCUT2D eigenvalue weighted by atomic mass is 10.0. The average molecular weight is 237 g/mol. The summed E-state index contributed by atoms with van der Waals surface area (Å²) >= 11 is 0. The quantitative estimate of drug-likeness (QED) is 0.820. The van der Waals surface area contributed by atoms with Crippen LogP contribution in [0, 0.1) is 5.92 Å². The van der Waals surface area contributed by atoms with E-state index >= 15 is 0 Å². The van der Waals surface area contributed by atoms with E-state index in [0.29, 0.717) is 12.0 Å². The van der Waals surface area contributed by atoms with Crippen molar-refractivity contribution in [1.82, 2.24) is 15.1 Å². The molecule has 4 heteroatoms. The third kappa shape index (κ3) is 3.54. The summed E-state index contributed by atoms with van der Waals surface area (Å²) in [7, 11) is 0. The van der Waals surface area contributed by atoms with Crippen LogP contribution in [-0.2, 0) is 17.8 Å². The third-order valence-electron chi connectivity index (χ3n) is 3.44. The van der Waals surface area contributed by atoms with E-state index in [1.54, 1.807) is 0 Å². The molecule has 2 rings (SSSR count). The van der Waals surface area contributed by atoms with Gasteiger partial charge in [-0.3, -0.25) is 4.68 Å². The number of hydrogen-bond acceptors (Lipinski definition) is 3. The maximum atomic E-state index is 5.41. The summed E-state index contributed by atoms with van der Waals surface area (Å²) in [4.78, 5) is 0. The zero-order valence-electron chi connectivity index (χ0n) is 10.9. The van der Waals surface area contributed by atoms with Gasteiger partial charge in [0.1, 0.15) is 0 Å². The Bertz CT molecular complexity index is 331. The first-order chi connectivity index (χ1) is 8.29. The van der Waals surface area contributed by atoms with E-state index in [0.717, 1.165) is 32.7 Å². The Morgan fingerprint density at radius 2 is 2.53 bits per heavy atom. The smallest absolute Gasteiger partial charge is 0.0534 e. The van der Waals surface area contributed by atoms with Crippen molar-refractivity contribution >= 4 is 0 Å². The molecule has 17 heavy (non-hydrogen) atoms. The number of aromatic nitrogens is 2. The second-order valence-corrected chi connectivity index (χ2v) is 4.90. The highest BCUT2D eigenvalue weighted by Gasteiger charge is 2.21. The lowest BCUT2D eigenvalue weighted by molar-refractivity contribution is 0.178. The predicted octanol–water partition coefficient (Wildman–Crippen LogP) is 1.81. The molecule has 1 N–H and O–H groups in total. The summed E-state index contributed by atoms with van der Waals surface area (Å²) in [5, 5.41) is 7.90. The van der Waals surface area contributed by atoms with Gasteiger partial charge in [-0.15, -0.1) is 0 Å². The van der Waals surface area contributed by atoms with E-state index in [4.69, 9.17) is 4.74 Å². The Balaban J connectivity index is 1.76. The van der Waals surface area contributed by atoms with Crippen LogP contribution in [-0.4, -0.2) is 29.0 Å². The standard InChI is InChI=1S/C13H23N3O/c1-3-5-16-9-12(8-15-16)7-14-11(2)13-4-6-17-10-13/h8-9,11,13-14H,3-7,10H2,1-2H3. The Labute approximate surface area is 103 Å². The van der Waals surface area contributed by atoms with Crippen molar-refractivity contribution in [3.8, 4) is 0 Å². The van der Waals surface area contributed by atoms with Crippen LogP contribution in [0.5, 0.6) is 0 Å². The molecular weight excluding hydrogens is 214 g/mol. The molecule has 0 aromatic carbocycles. The van der Waals surface area contributed by atoms with Crippen molar-refractivity contribution in [1.29, 1.82) is 0 Å². The lowest BCUT2D eigenvalue weighted by Gasteiger charge is -2.18. The molecule has 2 atom stereocenters. The highest BCUT2D eigenvalue weighted by Crippen LogP contribution is 2.16. The zero-order valence-corrected chi connectivity index (χ0v) is 10.9. The first-order valence-corrected chi connectivity index (χ1v) is 6.62. The van der Waals surface area contributed by atoms with Crippen molar-refractivity contribution in [2.45, 2.75) is 45.8 Å². The van der Waals surface area contributed by atoms with Crippen LogP contribution in [0.4, 0.5) is 0 Å². The summed E-state index contributed by atoms with van der Waals surface area (Å²) in [6, 6.07) is 0.520. The molecule has 4 nitrogen and oxygen atoms in total. The fourth-order valence-corrected chi connectivity index (χ4v) is 2.24. The zero-order chi connectivity index (χ0) is 12.1.